The van der Waals surface area contributed by atoms with Crippen molar-refractivity contribution >= 4 is 53.9 Å². The minimum Gasteiger partial charge on any atom is -0.0776 e. The van der Waals surface area contributed by atoms with E-state index in [0.717, 1.165) is 11.8 Å². The van der Waals surface area contributed by atoms with Gasteiger partial charge in [-0.3, -0.25) is 0 Å². The third kappa shape index (κ3) is 39.0. The van der Waals surface area contributed by atoms with E-state index in [1.54, 1.807) is 0 Å². The summed E-state index contributed by atoms with van der Waals surface area (Å²) in [5.74, 6) is 1.75. The summed E-state index contributed by atoms with van der Waals surface area (Å²) >= 11 is 0. The molecule has 0 aliphatic carbocycles. The molecule has 0 N–H and O–H groups in total. The molecular weight excluding hydrogens is 1170 g/mol. The van der Waals surface area contributed by atoms with Gasteiger partial charge in [0.05, 0.1) is 0 Å². The van der Waals surface area contributed by atoms with Crippen molar-refractivity contribution in [1.82, 2.24) is 0 Å². The Morgan fingerprint density at radius 1 is 0.247 bits per heavy atom. The molecular formula is C97H154. The van der Waals surface area contributed by atoms with Crippen molar-refractivity contribution in [3.05, 3.63) is 235 Å². The van der Waals surface area contributed by atoms with Crippen LogP contribution >= 0.6 is 0 Å². The third-order valence-electron chi connectivity index (χ3n) is 15.9. The van der Waals surface area contributed by atoms with Crippen LogP contribution in [0, 0.1) is 132 Å². The van der Waals surface area contributed by atoms with Crippen LogP contribution in [-0.2, 0) is 0 Å². The third-order valence-corrected chi connectivity index (χ3v) is 15.9. The molecule has 0 fully saturated rings. The quantitative estimate of drug-likeness (QED) is 0.165. The summed E-state index contributed by atoms with van der Waals surface area (Å²) in [4.78, 5) is 0. The molecule has 0 heteroatoms. The second-order valence-electron chi connectivity index (χ2n) is 31.5. The van der Waals surface area contributed by atoms with Gasteiger partial charge in [0.2, 0.25) is 0 Å². The van der Waals surface area contributed by atoms with Crippen molar-refractivity contribution in [2.75, 3.05) is 0 Å². The summed E-state index contributed by atoms with van der Waals surface area (Å²) in [6.45, 7) is 68.2. The first kappa shape index (κ1) is 99.2. The van der Waals surface area contributed by atoms with E-state index in [4.69, 9.17) is 0 Å². The van der Waals surface area contributed by atoms with Gasteiger partial charge in [-0.05, 0) is 250 Å². The van der Waals surface area contributed by atoms with Crippen LogP contribution in [0.1, 0.15) is 271 Å². The van der Waals surface area contributed by atoms with Crippen LogP contribution in [0.4, 0.5) is 0 Å². The molecule has 10 rings (SSSR count). The Morgan fingerprint density at radius 3 is 0.773 bits per heavy atom. The predicted octanol–water partition coefficient (Wildman–Crippen LogP) is 33.0. The van der Waals surface area contributed by atoms with E-state index in [9.17, 15) is 0 Å². The number of hydrogen-bond acceptors (Lipinski definition) is 0. The smallest absolute Gasteiger partial charge is 0.0152 e. The summed E-state index contributed by atoms with van der Waals surface area (Å²) in [6, 6.07) is 55.3. The highest BCUT2D eigenvalue weighted by molar-refractivity contribution is 5.90. The summed E-state index contributed by atoms with van der Waals surface area (Å²) in [7, 11) is 0. The standard InChI is InChI=1S/5C13H14.3C7H16.C5H12.6CH4/c2*1-9-4-7-13-11(3)10(2)5-6-12(13)8-9;2*1-9-4-5-12-7-10(2)6-11(3)13(12)8-9;1-9-4-5-12-7-10(2)11(3)8-13(12)6-9;1-6(2)5-7(3)4;2*1-5-6-7(2,3)4;1-5(2,3)4;;;;;;/h5*4-8H,1-3H3;6-7H,5H2,1-4H3;2*5-6H2,1-4H3;1-4H3;6*1H4. The van der Waals surface area contributed by atoms with Gasteiger partial charge < -0.3 is 0 Å². The number of aryl methyl sites for hydroxylation is 15. The average molecular weight is 1320 g/mol. The van der Waals surface area contributed by atoms with Gasteiger partial charge in [0.25, 0.3) is 0 Å². The lowest BCUT2D eigenvalue weighted by atomic mass is 9.91. The maximum atomic E-state index is 2.27. The van der Waals surface area contributed by atoms with E-state index in [2.05, 4.69) is 366 Å². The molecule has 0 nitrogen and oxygen atoms in total. The highest BCUT2D eigenvalue weighted by Gasteiger charge is 2.08. The van der Waals surface area contributed by atoms with Crippen LogP contribution < -0.4 is 0 Å². The van der Waals surface area contributed by atoms with Crippen LogP contribution in [0.25, 0.3) is 53.9 Å². The van der Waals surface area contributed by atoms with Crippen molar-refractivity contribution in [3.63, 3.8) is 0 Å². The summed E-state index contributed by atoms with van der Waals surface area (Å²) in [5.41, 5.74) is 22.0. The zero-order valence-electron chi connectivity index (χ0n) is 64.1. The Bertz CT molecular complexity index is 3560. The molecule has 0 bridgehead atoms. The largest absolute Gasteiger partial charge is 0.0776 e. The van der Waals surface area contributed by atoms with E-state index >= 15 is 0 Å². The van der Waals surface area contributed by atoms with Crippen molar-refractivity contribution in [1.29, 1.82) is 0 Å². The Labute approximate surface area is 604 Å². The number of hydrogen-bond donors (Lipinski definition) is 0. The molecule has 0 radical (unpaired) electrons. The molecule has 0 atom stereocenters. The van der Waals surface area contributed by atoms with Gasteiger partial charge >= 0.3 is 0 Å². The fraction of sp³-hybridized carbons (Fsp3) is 0.485. The average Bonchev–Trinajstić information content (AvgIpc) is 0.863. The van der Waals surface area contributed by atoms with Crippen LogP contribution in [0.15, 0.2) is 152 Å². The van der Waals surface area contributed by atoms with Gasteiger partial charge in [-0.1, -0.05) is 359 Å². The van der Waals surface area contributed by atoms with Gasteiger partial charge in [0.1, 0.15) is 0 Å². The molecule has 0 aliphatic heterocycles. The SMILES string of the molecule is C.C.C.C.C.C.CC(C)(C)C.CC(C)CC(C)C.CCCC(C)(C)C.CCCC(C)(C)C.Cc1cc(C)c2cc(C)ccc2c1.Cc1cc(C)c2cc(C)ccc2c1.Cc1ccc2c(C)c(C)ccc2c1.Cc1ccc2c(C)c(C)ccc2c1.Cc1ccc2cc(C)c(C)cc2c1. The van der Waals surface area contributed by atoms with E-state index in [1.807, 2.05) is 0 Å². The van der Waals surface area contributed by atoms with Crippen LogP contribution in [0.5, 0.6) is 0 Å². The zero-order chi connectivity index (χ0) is 69.3. The highest BCUT2D eigenvalue weighted by atomic mass is 14.1. The Kier molecular flexibility index (Phi) is 47.8. The van der Waals surface area contributed by atoms with E-state index in [-0.39, 0.29) is 44.6 Å². The summed E-state index contributed by atoms with van der Waals surface area (Å²) in [5, 5.41) is 13.6. The first-order valence-electron chi connectivity index (χ1n) is 34.5. The van der Waals surface area contributed by atoms with E-state index in [1.165, 1.54) is 169 Å². The Morgan fingerprint density at radius 2 is 0.495 bits per heavy atom. The predicted molar refractivity (Wildman–Crippen MR) is 459 cm³/mol. The molecule has 0 saturated carbocycles. The second kappa shape index (κ2) is 46.7. The highest BCUT2D eigenvalue weighted by Crippen LogP contribution is 2.27. The molecule has 97 heavy (non-hydrogen) atoms. The van der Waals surface area contributed by atoms with Crippen molar-refractivity contribution < 1.29 is 0 Å². The lowest BCUT2D eigenvalue weighted by molar-refractivity contribution is 0.373. The zero-order valence-corrected chi connectivity index (χ0v) is 64.1. The van der Waals surface area contributed by atoms with Crippen LogP contribution in [0.3, 0.4) is 0 Å². The molecule has 10 aromatic carbocycles. The fourth-order valence-electron chi connectivity index (χ4n) is 11.2. The molecule has 0 spiro atoms. The van der Waals surface area contributed by atoms with Gasteiger partial charge in [0.15, 0.2) is 0 Å². The Balaban J connectivity index is -0.000000330. The van der Waals surface area contributed by atoms with E-state index < -0.39 is 0 Å². The monoisotopic (exact) mass is 1320 g/mol. The molecule has 0 aromatic heterocycles. The number of rotatable bonds is 4. The molecule has 0 aliphatic rings. The van der Waals surface area contributed by atoms with E-state index in [0.29, 0.717) is 16.2 Å². The molecule has 0 amide bonds. The first-order valence-corrected chi connectivity index (χ1v) is 34.5. The van der Waals surface area contributed by atoms with Crippen LogP contribution in [-0.4, -0.2) is 0 Å². The van der Waals surface area contributed by atoms with Gasteiger partial charge in [-0.15, -0.1) is 0 Å². The van der Waals surface area contributed by atoms with Crippen LogP contribution in [0.2, 0.25) is 0 Å². The molecule has 0 saturated heterocycles. The van der Waals surface area contributed by atoms with Gasteiger partial charge in [-0.2, -0.15) is 0 Å². The topological polar surface area (TPSA) is 0 Å². The molecule has 10 aromatic rings. The Hall–Kier alpha value is -6.50. The molecule has 0 unspecified atom stereocenters. The number of fused-ring (bicyclic) bond motifs is 5. The minimum atomic E-state index is 0. The summed E-state index contributed by atoms with van der Waals surface area (Å²) in [6.07, 6.45) is 6.66. The minimum absolute atomic E-state index is 0. The van der Waals surface area contributed by atoms with Crippen molar-refractivity contribution in [2.45, 2.75) is 291 Å². The lowest BCUT2D eigenvalue weighted by Crippen LogP contribution is -2.02. The molecule has 0 heterocycles. The summed E-state index contributed by atoms with van der Waals surface area (Å²) < 4.78 is 0. The first-order chi connectivity index (χ1) is 42.1. The maximum absolute atomic E-state index is 2.27. The molecule has 542 valence electrons. The fourth-order valence-corrected chi connectivity index (χ4v) is 11.2. The maximum Gasteiger partial charge on any atom is -0.0152 e. The van der Waals surface area contributed by atoms with Gasteiger partial charge in [-0.25, -0.2) is 0 Å². The van der Waals surface area contributed by atoms with Gasteiger partial charge in [0, 0.05) is 0 Å². The van der Waals surface area contributed by atoms with Crippen molar-refractivity contribution in [2.24, 2.45) is 28.1 Å². The normalized spacial score (nSPS) is 10.3. The second-order valence-corrected chi connectivity index (χ2v) is 31.5. The van der Waals surface area contributed by atoms with Crippen molar-refractivity contribution in [3.8, 4) is 0 Å². The lowest BCUT2D eigenvalue weighted by Gasteiger charge is -2.15. The number of benzene rings is 10.